The highest BCUT2D eigenvalue weighted by Crippen LogP contribution is 2.36. The minimum atomic E-state index is -2.72. The van der Waals surface area contributed by atoms with E-state index in [-0.39, 0.29) is 29.1 Å². The van der Waals surface area contributed by atoms with Gasteiger partial charge in [-0.1, -0.05) is 12.1 Å². The zero-order chi connectivity index (χ0) is 28.4. The number of benzene rings is 2. The van der Waals surface area contributed by atoms with Gasteiger partial charge in [0, 0.05) is 42.5 Å². The van der Waals surface area contributed by atoms with E-state index >= 15 is 0 Å². The normalized spacial score (nSPS) is 12.8. The van der Waals surface area contributed by atoms with Crippen molar-refractivity contribution in [2.45, 2.75) is 6.92 Å². The Balaban J connectivity index is 1.65. The van der Waals surface area contributed by atoms with E-state index in [1.54, 1.807) is 29.0 Å². The largest absolute Gasteiger partial charge is 0.489 e. The van der Waals surface area contributed by atoms with Crippen molar-refractivity contribution in [1.29, 1.82) is 0 Å². The average molecular weight is 572 g/mol. The predicted molar refractivity (Wildman–Crippen MR) is 145 cm³/mol. The number of carbonyl (C=O) groups excluding carboxylic acids is 1. The summed E-state index contributed by atoms with van der Waals surface area (Å²) < 4.78 is 71.4. The van der Waals surface area contributed by atoms with Gasteiger partial charge in [0.25, 0.3) is 5.91 Å². The Hall–Kier alpha value is -4.39. The van der Waals surface area contributed by atoms with Crippen molar-refractivity contribution >= 4 is 38.9 Å². The molecule has 0 aliphatic carbocycles. The number of carbonyl (C=O) groups is 1. The number of halogens is 3. The van der Waals surface area contributed by atoms with Gasteiger partial charge in [0.2, 0.25) is 0 Å². The fourth-order valence-electron chi connectivity index (χ4n) is 4.64. The number of hydrazine groups is 1. The monoisotopic (exact) mass is 571 g/mol. The molecule has 0 saturated carbocycles. The number of ether oxygens (including phenoxy) is 1. The second-order valence-electron chi connectivity index (χ2n) is 8.87. The van der Waals surface area contributed by atoms with Gasteiger partial charge >= 0.3 is 0 Å². The number of thiol groups is 1. The Morgan fingerprint density at radius 2 is 1.95 bits per heavy atom. The van der Waals surface area contributed by atoms with E-state index in [0.29, 0.717) is 48.3 Å². The van der Waals surface area contributed by atoms with Crippen LogP contribution in [0.25, 0.3) is 22.2 Å². The number of nitrogens with one attached hydrogen (secondary N) is 1. The fourth-order valence-corrected chi connectivity index (χ4v) is 5.05. The van der Waals surface area contributed by atoms with Gasteiger partial charge in [-0.3, -0.25) is 25.2 Å². The molecule has 1 amide bonds. The van der Waals surface area contributed by atoms with Crippen molar-refractivity contribution in [2.24, 2.45) is 0 Å². The third kappa shape index (κ3) is 5.24. The van der Waals surface area contributed by atoms with Crippen molar-refractivity contribution in [3.05, 3.63) is 77.9 Å². The molecule has 1 N–H and O–H groups in total. The smallest absolute Gasteiger partial charge is 0.273 e. The van der Waals surface area contributed by atoms with E-state index in [1.807, 2.05) is 12.1 Å². The lowest BCUT2D eigenvalue weighted by molar-refractivity contribution is 0.0945. The van der Waals surface area contributed by atoms with E-state index in [9.17, 15) is 26.4 Å². The maximum atomic E-state index is 14.8. The first-order valence-corrected chi connectivity index (χ1v) is 13.7. The van der Waals surface area contributed by atoms with Crippen LogP contribution in [0.1, 0.15) is 17.3 Å². The van der Waals surface area contributed by atoms with Crippen LogP contribution in [0.2, 0.25) is 0 Å². The molecule has 13 heteroatoms. The Morgan fingerprint density at radius 3 is 2.73 bits per heavy atom. The summed E-state index contributed by atoms with van der Waals surface area (Å²) in [5, 5.41) is 1.97. The van der Waals surface area contributed by atoms with Crippen LogP contribution in [0.4, 0.5) is 24.5 Å². The van der Waals surface area contributed by atoms with Gasteiger partial charge in [-0.2, -0.15) is 0 Å². The molecule has 208 valence electrons. The molecule has 0 spiro atoms. The third-order valence-electron chi connectivity index (χ3n) is 6.47. The van der Waals surface area contributed by atoms with Crippen molar-refractivity contribution in [3.8, 4) is 17.0 Å². The summed E-state index contributed by atoms with van der Waals surface area (Å²) in [6, 6.07) is 9.98. The number of anilines is 2. The molecule has 2 aromatic carbocycles. The highest BCUT2D eigenvalue weighted by molar-refractivity contribution is 7.72. The number of para-hydroxylation sites is 2. The van der Waals surface area contributed by atoms with E-state index in [2.05, 4.69) is 15.4 Å². The summed E-state index contributed by atoms with van der Waals surface area (Å²) in [4.78, 5) is 23.9. The van der Waals surface area contributed by atoms with Crippen molar-refractivity contribution in [1.82, 2.24) is 15.4 Å². The summed E-state index contributed by atoms with van der Waals surface area (Å²) in [5.74, 6) is -3.80. The third-order valence-corrected chi connectivity index (χ3v) is 7.03. The van der Waals surface area contributed by atoms with Gasteiger partial charge in [-0.25, -0.2) is 21.6 Å². The summed E-state index contributed by atoms with van der Waals surface area (Å²) in [5.41, 5.74) is 3.47. The Bertz CT molecular complexity index is 1680. The number of amides is 1. The molecule has 0 bridgehead atoms. The first kappa shape index (κ1) is 27.2. The van der Waals surface area contributed by atoms with Crippen LogP contribution in [-0.2, 0) is 10.7 Å². The van der Waals surface area contributed by atoms with Gasteiger partial charge in [-0.05, 0) is 31.2 Å². The highest BCUT2D eigenvalue weighted by Gasteiger charge is 2.26. The number of rotatable bonds is 8. The molecule has 1 aliphatic rings. The standard InChI is InChI=1S/C27H24F3N5O4S/c1-2-34(10-12-40(37)38)26-17-7-8-31-25(18-13-16(28)14-20(29)23(18)30)24(17)32-15-19(26)27(36)33-35-9-11-39-22-6-4-3-5-21(22)35/h3-8,13-15,40H,2,9-12H2,1H3,(H,33,36). The van der Waals surface area contributed by atoms with Gasteiger partial charge in [-0.15, -0.1) is 0 Å². The minimum Gasteiger partial charge on any atom is -0.489 e. The van der Waals surface area contributed by atoms with Crippen LogP contribution < -0.4 is 20.1 Å². The molecule has 40 heavy (non-hydrogen) atoms. The Labute approximate surface area is 229 Å². The van der Waals surface area contributed by atoms with E-state index in [4.69, 9.17) is 4.74 Å². The summed E-state index contributed by atoms with van der Waals surface area (Å²) in [7, 11) is -2.72. The average Bonchev–Trinajstić information content (AvgIpc) is 2.95. The zero-order valence-electron chi connectivity index (χ0n) is 21.2. The summed E-state index contributed by atoms with van der Waals surface area (Å²) in [6.07, 6.45) is 2.57. The molecule has 3 heterocycles. The molecule has 9 nitrogen and oxygen atoms in total. The highest BCUT2D eigenvalue weighted by atomic mass is 32.2. The Kier molecular flexibility index (Phi) is 7.74. The van der Waals surface area contributed by atoms with Gasteiger partial charge in [0.05, 0.1) is 40.4 Å². The maximum absolute atomic E-state index is 14.8. The predicted octanol–water partition coefficient (Wildman–Crippen LogP) is 3.70. The Morgan fingerprint density at radius 1 is 1.15 bits per heavy atom. The van der Waals surface area contributed by atoms with E-state index < -0.39 is 39.6 Å². The number of hydrogen-bond acceptors (Lipinski definition) is 8. The van der Waals surface area contributed by atoms with Crippen LogP contribution >= 0.6 is 0 Å². The molecule has 0 radical (unpaired) electrons. The molecule has 2 aromatic heterocycles. The van der Waals surface area contributed by atoms with Gasteiger partial charge < -0.3 is 9.64 Å². The topological polar surface area (TPSA) is 105 Å². The van der Waals surface area contributed by atoms with E-state index in [1.165, 1.54) is 18.5 Å². The summed E-state index contributed by atoms with van der Waals surface area (Å²) >= 11 is 0. The fraction of sp³-hybridized carbons (Fsp3) is 0.222. The van der Waals surface area contributed by atoms with Crippen molar-refractivity contribution in [3.63, 3.8) is 0 Å². The van der Waals surface area contributed by atoms with Crippen LogP contribution in [0.15, 0.2) is 54.9 Å². The number of nitrogens with zero attached hydrogens (tertiary/aromatic N) is 4. The van der Waals surface area contributed by atoms with Crippen LogP contribution in [0, 0.1) is 17.5 Å². The SMILES string of the molecule is CCN(CC[SH](=O)=O)c1c(C(=O)NN2CCOc3ccccc32)cnc2c(-c3cc(F)cc(F)c3F)nccc12. The number of aromatic nitrogens is 2. The second kappa shape index (κ2) is 11.4. The first-order valence-electron chi connectivity index (χ1n) is 12.4. The molecule has 0 unspecified atom stereocenters. The molecule has 0 saturated heterocycles. The lowest BCUT2D eigenvalue weighted by atomic mass is 10.0. The van der Waals surface area contributed by atoms with Crippen LogP contribution in [0.3, 0.4) is 0 Å². The first-order chi connectivity index (χ1) is 19.3. The number of fused-ring (bicyclic) bond motifs is 2. The van der Waals surface area contributed by atoms with Gasteiger partial charge in [0.15, 0.2) is 11.6 Å². The molecular weight excluding hydrogens is 547 g/mol. The second-order valence-corrected chi connectivity index (χ2v) is 9.98. The minimum absolute atomic E-state index is 0.0512. The van der Waals surface area contributed by atoms with Crippen molar-refractivity contribution < 1.29 is 31.1 Å². The van der Waals surface area contributed by atoms with E-state index in [0.717, 1.165) is 6.07 Å². The molecule has 0 fully saturated rings. The lowest BCUT2D eigenvalue weighted by Crippen LogP contribution is -2.47. The summed E-state index contributed by atoms with van der Waals surface area (Å²) in [6.45, 7) is 2.85. The lowest BCUT2D eigenvalue weighted by Gasteiger charge is -2.32. The molecule has 5 rings (SSSR count). The molecule has 1 aliphatic heterocycles. The number of hydrogen-bond donors (Lipinski definition) is 2. The molecule has 4 aromatic rings. The maximum Gasteiger partial charge on any atom is 0.273 e. The van der Waals surface area contributed by atoms with Gasteiger partial charge in [0.1, 0.15) is 28.9 Å². The number of pyridine rings is 2. The zero-order valence-corrected chi connectivity index (χ0v) is 22.1. The van der Waals surface area contributed by atoms with Crippen LogP contribution in [0.5, 0.6) is 5.75 Å². The molecule has 0 atom stereocenters. The van der Waals surface area contributed by atoms with Crippen LogP contribution in [-0.4, -0.2) is 56.3 Å². The quantitative estimate of drug-likeness (QED) is 0.244. The van der Waals surface area contributed by atoms with Crippen molar-refractivity contribution in [2.75, 3.05) is 41.9 Å². The molecular formula is C27H24F3N5O4S.